The molecule has 0 rings (SSSR count). The summed E-state index contributed by atoms with van der Waals surface area (Å²) >= 11 is 0. The number of carbonyl (C=O) groups is 2. The number of hydrogen-bond acceptors (Lipinski definition) is 4. The van der Waals surface area contributed by atoms with Gasteiger partial charge in [-0.25, -0.2) is 0 Å². The second-order valence-corrected chi connectivity index (χ2v) is 7.43. The first-order valence-electron chi connectivity index (χ1n) is 9.73. The molecule has 4 heteroatoms. The third kappa shape index (κ3) is 17.3. The fourth-order valence-electron chi connectivity index (χ4n) is 2.38. The lowest BCUT2D eigenvalue weighted by atomic mass is 10.1. The van der Waals surface area contributed by atoms with Gasteiger partial charge in [0.05, 0.1) is 26.1 Å². The summed E-state index contributed by atoms with van der Waals surface area (Å²) in [5.74, 6) is 0.864. The highest BCUT2D eigenvalue weighted by molar-refractivity contribution is 5.77. The Morgan fingerprint density at radius 1 is 0.625 bits per heavy atom. The van der Waals surface area contributed by atoms with E-state index in [0.29, 0.717) is 13.2 Å². The second-order valence-electron chi connectivity index (χ2n) is 7.43. The van der Waals surface area contributed by atoms with Gasteiger partial charge >= 0.3 is 11.9 Å². The maximum absolute atomic E-state index is 11.5. The Morgan fingerprint density at radius 3 is 1.33 bits per heavy atom. The Balaban J connectivity index is 3.40. The molecule has 0 radical (unpaired) electrons. The minimum Gasteiger partial charge on any atom is -0.466 e. The van der Waals surface area contributed by atoms with Crippen molar-refractivity contribution < 1.29 is 19.1 Å². The molecule has 0 bridgehead atoms. The molecule has 0 aromatic heterocycles. The summed E-state index contributed by atoms with van der Waals surface area (Å²) in [6.45, 7) is 9.77. The lowest BCUT2D eigenvalue weighted by molar-refractivity contribution is -0.150. The van der Waals surface area contributed by atoms with Crippen molar-refractivity contribution in [2.24, 2.45) is 11.8 Å². The van der Waals surface area contributed by atoms with Crippen LogP contribution >= 0.6 is 0 Å². The minimum absolute atomic E-state index is 0.123. The summed E-state index contributed by atoms with van der Waals surface area (Å²) in [5, 5.41) is 0. The topological polar surface area (TPSA) is 52.6 Å². The standard InChI is InChI=1S/C20H38O4/c1-17(2)11-7-5-9-15-23-19(21)13-14-20(22)24-16-10-6-8-12-18(3)4/h17-18H,5-16H2,1-4H3. The Kier molecular flexibility index (Phi) is 14.8. The predicted octanol–water partition coefficient (Wildman–Crippen LogP) is 5.29. The van der Waals surface area contributed by atoms with Crippen LogP contribution in [0.2, 0.25) is 0 Å². The van der Waals surface area contributed by atoms with Crippen LogP contribution in [0.25, 0.3) is 0 Å². The van der Waals surface area contributed by atoms with Crippen molar-refractivity contribution in [2.45, 2.75) is 91.9 Å². The summed E-state index contributed by atoms with van der Waals surface area (Å²) in [6, 6.07) is 0. The van der Waals surface area contributed by atoms with E-state index in [1.165, 1.54) is 25.7 Å². The number of unbranched alkanes of at least 4 members (excludes halogenated alkanes) is 4. The van der Waals surface area contributed by atoms with Gasteiger partial charge in [0.1, 0.15) is 0 Å². The van der Waals surface area contributed by atoms with E-state index < -0.39 is 0 Å². The Bertz CT molecular complexity index is 292. The molecule has 0 N–H and O–H groups in total. The van der Waals surface area contributed by atoms with Crippen molar-refractivity contribution in [1.29, 1.82) is 0 Å². The molecule has 0 unspecified atom stereocenters. The molecule has 0 saturated heterocycles. The quantitative estimate of drug-likeness (QED) is 0.300. The van der Waals surface area contributed by atoms with Crippen molar-refractivity contribution in [3.8, 4) is 0 Å². The molecule has 0 aliphatic heterocycles. The zero-order chi connectivity index (χ0) is 18.2. The number of carbonyl (C=O) groups excluding carboxylic acids is 2. The van der Waals surface area contributed by atoms with Gasteiger partial charge in [0.25, 0.3) is 0 Å². The van der Waals surface area contributed by atoms with Crippen molar-refractivity contribution >= 4 is 11.9 Å². The molecule has 0 aromatic carbocycles. The lowest BCUT2D eigenvalue weighted by Gasteiger charge is -2.07. The minimum atomic E-state index is -0.298. The SMILES string of the molecule is CC(C)CCCCCOC(=O)CCC(=O)OCCCCCC(C)C. The van der Waals surface area contributed by atoms with Crippen molar-refractivity contribution in [3.63, 3.8) is 0 Å². The van der Waals surface area contributed by atoms with Gasteiger partial charge in [-0.2, -0.15) is 0 Å². The van der Waals surface area contributed by atoms with Crippen LogP contribution in [0.4, 0.5) is 0 Å². The smallest absolute Gasteiger partial charge is 0.306 e. The fourth-order valence-corrected chi connectivity index (χ4v) is 2.38. The van der Waals surface area contributed by atoms with Gasteiger partial charge < -0.3 is 9.47 Å². The summed E-state index contributed by atoms with van der Waals surface area (Å²) < 4.78 is 10.3. The third-order valence-electron chi connectivity index (χ3n) is 3.91. The highest BCUT2D eigenvalue weighted by atomic mass is 16.5. The molecule has 0 aliphatic rings. The van der Waals surface area contributed by atoms with E-state index in [4.69, 9.17) is 9.47 Å². The van der Waals surface area contributed by atoms with Crippen LogP contribution in [0, 0.1) is 11.8 Å². The Morgan fingerprint density at radius 2 is 1.00 bits per heavy atom. The molecule has 0 amide bonds. The number of hydrogen-bond donors (Lipinski definition) is 0. The van der Waals surface area contributed by atoms with E-state index in [1.807, 2.05) is 0 Å². The first kappa shape index (κ1) is 22.9. The van der Waals surface area contributed by atoms with Crippen LogP contribution in [0.1, 0.15) is 91.9 Å². The van der Waals surface area contributed by atoms with Crippen molar-refractivity contribution in [2.75, 3.05) is 13.2 Å². The normalized spacial score (nSPS) is 11.1. The van der Waals surface area contributed by atoms with Gasteiger partial charge in [0, 0.05) is 0 Å². The van der Waals surface area contributed by atoms with Crippen molar-refractivity contribution in [3.05, 3.63) is 0 Å². The summed E-state index contributed by atoms with van der Waals surface area (Å²) in [4.78, 5) is 23.1. The molecule has 0 fully saturated rings. The lowest BCUT2D eigenvalue weighted by Crippen LogP contribution is -2.11. The molecule has 0 saturated carbocycles. The van der Waals surface area contributed by atoms with E-state index in [1.54, 1.807) is 0 Å². The third-order valence-corrected chi connectivity index (χ3v) is 3.91. The number of ether oxygens (including phenoxy) is 2. The summed E-state index contributed by atoms with van der Waals surface area (Å²) in [5.41, 5.74) is 0. The molecule has 0 heterocycles. The number of esters is 2. The van der Waals surface area contributed by atoms with Gasteiger partial charge in [-0.15, -0.1) is 0 Å². The molecule has 24 heavy (non-hydrogen) atoms. The molecule has 0 aromatic rings. The maximum Gasteiger partial charge on any atom is 0.306 e. The molecule has 142 valence electrons. The summed E-state index contributed by atoms with van der Waals surface area (Å²) in [7, 11) is 0. The van der Waals surface area contributed by atoms with Crippen LogP contribution in [-0.2, 0) is 19.1 Å². The molecular formula is C20H38O4. The highest BCUT2D eigenvalue weighted by Crippen LogP contribution is 2.09. The van der Waals surface area contributed by atoms with E-state index in [-0.39, 0.29) is 24.8 Å². The highest BCUT2D eigenvalue weighted by Gasteiger charge is 2.09. The molecular weight excluding hydrogens is 304 g/mol. The Hall–Kier alpha value is -1.06. The first-order chi connectivity index (χ1) is 11.4. The molecule has 4 nitrogen and oxygen atoms in total. The van der Waals surface area contributed by atoms with E-state index >= 15 is 0 Å². The van der Waals surface area contributed by atoms with Crippen LogP contribution in [0.5, 0.6) is 0 Å². The summed E-state index contributed by atoms with van der Waals surface area (Å²) in [6.07, 6.45) is 9.02. The second kappa shape index (κ2) is 15.5. The molecule has 0 aliphatic carbocycles. The van der Waals surface area contributed by atoms with Crippen LogP contribution in [0.3, 0.4) is 0 Å². The van der Waals surface area contributed by atoms with Gasteiger partial charge in [-0.1, -0.05) is 66.2 Å². The maximum atomic E-state index is 11.5. The van der Waals surface area contributed by atoms with E-state index in [0.717, 1.165) is 37.5 Å². The van der Waals surface area contributed by atoms with Crippen LogP contribution in [-0.4, -0.2) is 25.2 Å². The molecule has 0 atom stereocenters. The fraction of sp³-hybridized carbons (Fsp3) is 0.900. The van der Waals surface area contributed by atoms with E-state index in [9.17, 15) is 9.59 Å². The Labute approximate surface area is 148 Å². The van der Waals surface area contributed by atoms with Gasteiger partial charge in [0.15, 0.2) is 0 Å². The van der Waals surface area contributed by atoms with Crippen LogP contribution < -0.4 is 0 Å². The average Bonchev–Trinajstić information content (AvgIpc) is 2.51. The zero-order valence-electron chi connectivity index (χ0n) is 16.3. The van der Waals surface area contributed by atoms with E-state index in [2.05, 4.69) is 27.7 Å². The van der Waals surface area contributed by atoms with Gasteiger partial charge in [-0.05, 0) is 24.7 Å². The van der Waals surface area contributed by atoms with Crippen molar-refractivity contribution in [1.82, 2.24) is 0 Å². The largest absolute Gasteiger partial charge is 0.466 e. The monoisotopic (exact) mass is 342 g/mol. The van der Waals surface area contributed by atoms with Crippen LogP contribution in [0.15, 0.2) is 0 Å². The molecule has 0 spiro atoms. The predicted molar refractivity (Wildman–Crippen MR) is 97.8 cm³/mol. The average molecular weight is 343 g/mol. The van der Waals surface area contributed by atoms with Gasteiger partial charge in [0.2, 0.25) is 0 Å². The number of rotatable bonds is 15. The van der Waals surface area contributed by atoms with Gasteiger partial charge in [-0.3, -0.25) is 9.59 Å². The first-order valence-corrected chi connectivity index (χ1v) is 9.73. The zero-order valence-corrected chi connectivity index (χ0v) is 16.3.